The third kappa shape index (κ3) is 5.07. The highest BCUT2D eigenvalue weighted by Gasteiger charge is 2.39. The molecular weight excluding hydrogens is 284 g/mol. The summed E-state index contributed by atoms with van der Waals surface area (Å²) in [4.78, 5) is 0. The van der Waals surface area contributed by atoms with E-state index >= 15 is 0 Å². The number of benzene rings is 1. The molecule has 0 aliphatic rings. The first kappa shape index (κ1) is 18.6. The molecule has 0 aromatic heterocycles. The van der Waals surface area contributed by atoms with Gasteiger partial charge in [-0.2, -0.15) is 0 Å². The first-order valence-electron chi connectivity index (χ1n) is 7.84. The molecule has 0 saturated heterocycles. The van der Waals surface area contributed by atoms with Crippen LogP contribution in [0.1, 0.15) is 52.7 Å². The van der Waals surface area contributed by atoms with Gasteiger partial charge in [0.2, 0.25) is 8.32 Å². The van der Waals surface area contributed by atoms with Crippen molar-refractivity contribution in [3.05, 3.63) is 42.0 Å². The lowest BCUT2D eigenvalue weighted by atomic mass is 9.96. The smallest absolute Gasteiger partial charge is 0.250 e. The van der Waals surface area contributed by atoms with Crippen molar-refractivity contribution < 1.29 is 4.43 Å². The Balaban J connectivity index is 3.12. The Morgan fingerprint density at radius 3 is 2.09 bits per heavy atom. The van der Waals surface area contributed by atoms with Crippen LogP contribution in [0.3, 0.4) is 0 Å². The summed E-state index contributed by atoms with van der Waals surface area (Å²) in [5, 5.41) is 0.155. The molecule has 0 unspecified atom stereocenters. The van der Waals surface area contributed by atoms with Gasteiger partial charge < -0.3 is 4.43 Å². The average Bonchev–Trinajstić information content (AvgIpc) is 2.34. The van der Waals surface area contributed by atoms with Crippen LogP contribution >= 0.6 is 0 Å². The molecule has 0 fully saturated rings. The maximum absolute atomic E-state index is 6.34. The normalized spacial score (nSPS) is 12.4. The van der Waals surface area contributed by atoms with Crippen LogP contribution in [0.4, 0.5) is 0 Å². The molecule has 0 radical (unpaired) electrons. The van der Waals surface area contributed by atoms with Crippen molar-refractivity contribution >= 4 is 14.1 Å². The molecule has 1 rings (SSSR count). The first-order valence-corrected chi connectivity index (χ1v) is 10.7. The Morgan fingerprint density at radius 1 is 1.05 bits per heavy atom. The van der Waals surface area contributed by atoms with E-state index in [4.69, 9.17) is 4.43 Å². The van der Waals surface area contributed by atoms with Gasteiger partial charge in [-0.05, 0) is 45.0 Å². The molecule has 1 aromatic carbocycles. The highest BCUT2D eigenvalue weighted by atomic mass is 28.4. The molecule has 0 atom stereocenters. The van der Waals surface area contributed by atoms with Crippen LogP contribution in [0.15, 0.2) is 30.8 Å². The summed E-state index contributed by atoms with van der Waals surface area (Å²) >= 11 is 0. The van der Waals surface area contributed by atoms with Gasteiger partial charge in [0.15, 0.2) is 0 Å². The molecule has 0 saturated carbocycles. The summed E-state index contributed by atoms with van der Waals surface area (Å²) in [6.45, 7) is 21.7. The monoisotopic (exact) mass is 314 g/mol. The summed E-state index contributed by atoms with van der Waals surface area (Å²) < 4.78 is 6.34. The molecule has 0 spiro atoms. The van der Waals surface area contributed by atoms with Crippen LogP contribution in [0.2, 0.25) is 18.1 Å². The summed E-state index contributed by atoms with van der Waals surface area (Å²) in [5.74, 6) is 7.32. The second-order valence-corrected chi connectivity index (χ2v) is 13.1. The molecule has 0 bridgehead atoms. The van der Waals surface area contributed by atoms with Crippen LogP contribution in [0, 0.1) is 17.3 Å². The number of hydrogen-bond acceptors (Lipinski definition) is 1. The molecule has 0 heterocycles. The highest BCUT2D eigenvalue weighted by molar-refractivity contribution is 6.74. The SMILES string of the molecule is C=C(O[Si](C)(C)C(C)(C)C)c1ccccc1C#CC(C)(C)C. The Hall–Kier alpha value is -1.46. The van der Waals surface area contributed by atoms with Gasteiger partial charge in [-0.25, -0.2) is 0 Å². The van der Waals surface area contributed by atoms with E-state index in [2.05, 4.69) is 73.1 Å². The second-order valence-electron chi connectivity index (χ2n) is 8.33. The van der Waals surface area contributed by atoms with E-state index in [-0.39, 0.29) is 10.5 Å². The van der Waals surface area contributed by atoms with Gasteiger partial charge in [0, 0.05) is 16.5 Å². The van der Waals surface area contributed by atoms with Gasteiger partial charge >= 0.3 is 0 Å². The van der Waals surface area contributed by atoms with Gasteiger partial charge in [-0.3, -0.25) is 0 Å². The molecule has 0 aliphatic carbocycles. The van der Waals surface area contributed by atoms with Crippen molar-refractivity contribution in [1.29, 1.82) is 0 Å². The summed E-state index contributed by atoms with van der Waals surface area (Å²) in [6, 6.07) is 8.10. The van der Waals surface area contributed by atoms with E-state index in [0.717, 1.165) is 16.9 Å². The average molecular weight is 315 g/mol. The van der Waals surface area contributed by atoms with Gasteiger partial charge in [0.1, 0.15) is 5.76 Å². The third-order valence-electron chi connectivity index (χ3n) is 3.98. The van der Waals surface area contributed by atoms with Crippen LogP contribution < -0.4 is 0 Å². The standard InChI is InChI=1S/C20H30OSi/c1-16(21-22(8,9)20(5,6)7)18-13-11-10-12-17(18)14-15-19(2,3)4/h10-13H,1H2,2-9H3. The van der Waals surface area contributed by atoms with Gasteiger partial charge in [-0.1, -0.05) is 57.4 Å². The second kappa shape index (κ2) is 6.34. The maximum atomic E-state index is 6.34. The summed E-state index contributed by atoms with van der Waals surface area (Å²) in [6.07, 6.45) is 0. The molecule has 120 valence electrons. The fraction of sp³-hybridized carbons (Fsp3) is 0.500. The van der Waals surface area contributed by atoms with E-state index in [9.17, 15) is 0 Å². The van der Waals surface area contributed by atoms with Crippen LogP contribution in [-0.4, -0.2) is 8.32 Å². The zero-order chi connectivity index (χ0) is 17.2. The Bertz CT molecular complexity index is 601. The van der Waals surface area contributed by atoms with Crippen molar-refractivity contribution in [3.63, 3.8) is 0 Å². The van der Waals surface area contributed by atoms with E-state index in [0.29, 0.717) is 0 Å². The largest absolute Gasteiger partial charge is 0.543 e. The van der Waals surface area contributed by atoms with E-state index in [1.54, 1.807) is 0 Å². The summed E-state index contributed by atoms with van der Waals surface area (Å²) in [5.41, 5.74) is 1.97. The van der Waals surface area contributed by atoms with Crippen molar-refractivity contribution in [3.8, 4) is 11.8 Å². The minimum absolute atomic E-state index is 0.0191. The van der Waals surface area contributed by atoms with E-state index < -0.39 is 8.32 Å². The lowest BCUT2D eigenvalue weighted by molar-refractivity contribution is 0.459. The van der Waals surface area contributed by atoms with Crippen molar-refractivity contribution in [2.24, 2.45) is 5.41 Å². The van der Waals surface area contributed by atoms with E-state index in [1.807, 2.05) is 24.3 Å². The Morgan fingerprint density at radius 2 is 1.59 bits per heavy atom. The highest BCUT2D eigenvalue weighted by Crippen LogP contribution is 2.39. The minimum Gasteiger partial charge on any atom is -0.543 e. The molecule has 1 aromatic rings. The lowest BCUT2D eigenvalue weighted by Gasteiger charge is -2.37. The molecule has 0 N–H and O–H groups in total. The molecule has 0 amide bonds. The fourth-order valence-electron chi connectivity index (χ4n) is 1.61. The van der Waals surface area contributed by atoms with Gasteiger partial charge in [0.05, 0.1) is 0 Å². The maximum Gasteiger partial charge on any atom is 0.250 e. The summed E-state index contributed by atoms with van der Waals surface area (Å²) in [7, 11) is -1.88. The first-order chi connectivity index (χ1) is 9.83. The zero-order valence-electron chi connectivity index (χ0n) is 15.4. The van der Waals surface area contributed by atoms with Crippen molar-refractivity contribution in [2.75, 3.05) is 0 Å². The van der Waals surface area contributed by atoms with Crippen LogP contribution in [-0.2, 0) is 4.43 Å². The Labute approximate surface area is 137 Å². The van der Waals surface area contributed by atoms with Crippen molar-refractivity contribution in [1.82, 2.24) is 0 Å². The molecule has 0 aliphatic heterocycles. The van der Waals surface area contributed by atoms with Crippen LogP contribution in [0.25, 0.3) is 5.76 Å². The molecular formula is C20H30OSi. The van der Waals surface area contributed by atoms with Crippen molar-refractivity contribution in [2.45, 2.75) is 59.7 Å². The third-order valence-corrected chi connectivity index (χ3v) is 8.35. The quantitative estimate of drug-likeness (QED) is 0.373. The lowest BCUT2D eigenvalue weighted by Crippen LogP contribution is -2.40. The topological polar surface area (TPSA) is 9.23 Å². The van der Waals surface area contributed by atoms with Gasteiger partial charge in [0.25, 0.3) is 0 Å². The minimum atomic E-state index is -1.88. The number of hydrogen-bond donors (Lipinski definition) is 0. The molecule has 22 heavy (non-hydrogen) atoms. The zero-order valence-corrected chi connectivity index (χ0v) is 16.4. The predicted octanol–water partition coefficient (Wildman–Crippen LogP) is 6.08. The number of rotatable bonds is 3. The van der Waals surface area contributed by atoms with Gasteiger partial charge in [-0.15, -0.1) is 0 Å². The predicted molar refractivity (Wildman–Crippen MR) is 100 cm³/mol. The van der Waals surface area contributed by atoms with Crippen LogP contribution in [0.5, 0.6) is 0 Å². The Kier molecular flexibility index (Phi) is 5.36. The van der Waals surface area contributed by atoms with E-state index in [1.165, 1.54) is 0 Å². The molecule has 1 nitrogen and oxygen atoms in total. The molecule has 2 heteroatoms. The fourth-order valence-corrected chi connectivity index (χ4v) is 2.64.